The van der Waals surface area contributed by atoms with Crippen LogP contribution >= 0.6 is 11.3 Å². The number of amides is 1. The number of carbonyl (C=O) groups is 1. The Kier molecular flexibility index (Phi) is 5.81. The van der Waals surface area contributed by atoms with Crippen LogP contribution in [0.3, 0.4) is 0 Å². The van der Waals surface area contributed by atoms with Crippen molar-refractivity contribution in [1.82, 2.24) is 4.98 Å². The maximum Gasteiger partial charge on any atom is 0.267 e. The molecule has 0 atom stereocenters. The lowest BCUT2D eigenvalue weighted by Gasteiger charge is -2.20. The monoisotopic (exact) mass is 416 g/mol. The smallest absolute Gasteiger partial charge is 0.267 e. The average Bonchev–Trinajstić information content (AvgIpc) is 3.19. The molecule has 1 aromatic heterocycles. The lowest BCUT2D eigenvalue weighted by Crippen LogP contribution is -2.34. The molecule has 0 bridgehead atoms. The molecule has 1 amide bonds. The summed E-state index contributed by atoms with van der Waals surface area (Å²) in [5.74, 6) is 0.608. The molecule has 0 saturated heterocycles. The number of ether oxygens (including phenoxy) is 1. The summed E-state index contributed by atoms with van der Waals surface area (Å²) >= 11 is 1.54. The van der Waals surface area contributed by atoms with Crippen molar-refractivity contribution < 1.29 is 9.53 Å². The summed E-state index contributed by atoms with van der Waals surface area (Å²) in [7, 11) is 0. The van der Waals surface area contributed by atoms with E-state index in [1.807, 2.05) is 61.5 Å². The number of aryl methyl sites for hydroxylation is 3. The number of carbonyl (C=O) groups excluding carboxylic acids is 1. The molecule has 0 radical (unpaired) electrons. The van der Waals surface area contributed by atoms with Gasteiger partial charge in [-0.05, 0) is 55.2 Å². The number of benzene rings is 3. The van der Waals surface area contributed by atoms with Crippen LogP contribution in [0.4, 0.5) is 5.13 Å². The number of rotatable bonds is 6. The van der Waals surface area contributed by atoms with E-state index in [9.17, 15) is 4.79 Å². The molecule has 1 heterocycles. The SMILES string of the molecule is Cc1ccccc1OCC(=O)N(Cc1ccccc1)c1nc2c(C)c(C)ccc2s1. The summed E-state index contributed by atoms with van der Waals surface area (Å²) in [6, 6.07) is 21.9. The average molecular weight is 417 g/mol. The maximum absolute atomic E-state index is 13.2. The Labute approximate surface area is 180 Å². The molecule has 0 spiro atoms. The van der Waals surface area contributed by atoms with E-state index in [4.69, 9.17) is 9.72 Å². The highest BCUT2D eigenvalue weighted by atomic mass is 32.1. The van der Waals surface area contributed by atoms with Crippen molar-refractivity contribution in [2.75, 3.05) is 11.5 Å². The first-order valence-corrected chi connectivity index (χ1v) is 10.7. The Morgan fingerprint density at radius 1 is 0.933 bits per heavy atom. The van der Waals surface area contributed by atoms with Crippen molar-refractivity contribution in [3.8, 4) is 5.75 Å². The Morgan fingerprint density at radius 3 is 2.43 bits per heavy atom. The van der Waals surface area contributed by atoms with Gasteiger partial charge < -0.3 is 4.74 Å². The summed E-state index contributed by atoms with van der Waals surface area (Å²) in [6.07, 6.45) is 0. The summed E-state index contributed by atoms with van der Waals surface area (Å²) in [4.78, 5) is 19.8. The normalized spacial score (nSPS) is 10.9. The van der Waals surface area contributed by atoms with Crippen LogP contribution in [0, 0.1) is 20.8 Å². The van der Waals surface area contributed by atoms with Crippen LogP contribution in [0.1, 0.15) is 22.3 Å². The second-order valence-electron chi connectivity index (χ2n) is 7.37. The molecule has 152 valence electrons. The first-order chi connectivity index (χ1) is 14.5. The number of anilines is 1. The van der Waals surface area contributed by atoms with Crippen LogP contribution in [0.15, 0.2) is 66.7 Å². The van der Waals surface area contributed by atoms with E-state index in [0.717, 1.165) is 32.7 Å². The van der Waals surface area contributed by atoms with E-state index in [1.54, 1.807) is 4.90 Å². The minimum Gasteiger partial charge on any atom is -0.483 e. The van der Waals surface area contributed by atoms with Crippen LogP contribution in [-0.2, 0) is 11.3 Å². The van der Waals surface area contributed by atoms with E-state index < -0.39 is 0 Å². The highest BCUT2D eigenvalue weighted by Crippen LogP contribution is 2.33. The molecular weight excluding hydrogens is 392 g/mol. The van der Waals surface area contributed by atoms with Gasteiger partial charge in [-0.3, -0.25) is 9.69 Å². The Bertz CT molecular complexity index is 1180. The second kappa shape index (κ2) is 8.67. The lowest BCUT2D eigenvalue weighted by molar-refractivity contribution is -0.120. The van der Waals surface area contributed by atoms with E-state index >= 15 is 0 Å². The zero-order valence-electron chi connectivity index (χ0n) is 17.4. The fourth-order valence-electron chi connectivity index (χ4n) is 3.29. The Hall–Kier alpha value is -3.18. The predicted molar refractivity (Wildman–Crippen MR) is 123 cm³/mol. The standard InChI is InChI=1S/C25H24N2O2S/c1-17-13-14-22-24(19(17)3)26-25(30-22)27(15-20-10-5-4-6-11-20)23(28)16-29-21-12-8-7-9-18(21)2/h4-14H,15-16H2,1-3H3. The molecule has 4 rings (SSSR count). The summed E-state index contributed by atoms with van der Waals surface area (Å²) < 4.78 is 6.92. The van der Waals surface area contributed by atoms with Crippen molar-refractivity contribution in [1.29, 1.82) is 0 Å². The molecule has 0 unspecified atom stereocenters. The summed E-state index contributed by atoms with van der Waals surface area (Å²) in [6.45, 7) is 6.54. The molecule has 0 N–H and O–H groups in total. The minimum atomic E-state index is -0.115. The number of nitrogens with zero attached hydrogens (tertiary/aromatic N) is 2. The van der Waals surface area contributed by atoms with Crippen molar-refractivity contribution in [3.63, 3.8) is 0 Å². The number of para-hydroxylation sites is 1. The van der Waals surface area contributed by atoms with Crippen LogP contribution < -0.4 is 9.64 Å². The van der Waals surface area contributed by atoms with Gasteiger partial charge in [0.15, 0.2) is 11.7 Å². The van der Waals surface area contributed by atoms with Crippen molar-refractivity contribution >= 4 is 32.6 Å². The molecule has 0 aliphatic carbocycles. The fourth-order valence-corrected chi connectivity index (χ4v) is 4.34. The zero-order chi connectivity index (χ0) is 21.1. The largest absolute Gasteiger partial charge is 0.483 e. The Morgan fingerprint density at radius 2 is 1.67 bits per heavy atom. The van der Waals surface area contributed by atoms with Crippen LogP contribution in [0.2, 0.25) is 0 Å². The molecule has 4 nitrogen and oxygen atoms in total. The number of thiazole rings is 1. The Balaban J connectivity index is 1.65. The molecule has 0 saturated carbocycles. The first-order valence-electron chi connectivity index (χ1n) is 9.92. The highest BCUT2D eigenvalue weighted by Gasteiger charge is 2.22. The quantitative estimate of drug-likeness (QED) is 0.397. The van der Waals surface area contributed by atoms with Crippen LogP contribution in [0.25, 0.3) is 10.2 Å². The lowest BCUT2D eigenvalue weighted by atomic mass is 10.1. The third-order valence-corrected chi connectivity index (χ3v) is 6.28. The van der Waals surface area contributed by atoms with Gasteiger partial charge in [0, 0.05) is 0 Å². The molecule has 0 aliphatic rings. The van der Waals surface area contributed by atoms with Crippen molar-refractivity contribution in [2.45, 2.75) is 27.3 Å². The minimum absolute atomic E-state index is 0.0361. The zero-order valence-corrected chi connectivity index (χ0v) is 18.2. The molecule has 0 aliphatic heterocycles. The number of hydrogen-bond donors (Lipinski definition) is 0. The highest BCUT2D eigenvalue weighted by molar-refractivity contribution is 7.22. The molecule has 30 heavy (non-hydrogen) atoms. The van der Waals surface area contributed by atoms with Gasteiger partial charge in [0.05, 0.1) is 16.8 Å². The third-order valence-electron chi connectivity index (χ3n) is 5.23. The van der Waals surface area contributed by atoms with Gasteiger partial charge in [-0.1, -0.05) is 65.9 Å². The molecule has 5 heteroatoms. The molecule has 3 aromatic carbocycles. The molecule has 0 fully saturated rings. The van der Waals surface area contributed by atoms with Gasteiger partial charge in [-0.15, -0.1) is 0 Å². The summed E-state index contributed by atoms with van der Waals surface area (Å²) in [5, 5.41) is 0.695. The molecular formula is C25H24N2O2S. The van der Waals surface area contributed by atoms with Crippen molar-refractivity contribution in [3.05, 3.63) is 89.0 Å². The van der Waals surface area contributed by atoms with Gasteiger partial charge in [0.1, 0.15) is 5.75 Å². The van der Waals surface area contributed by atoms with Gasteiger partial charge in [0.2, 0.25) is 0 Å². The first kappa shape index (κ1) is 20.1. The van der Waals surface area contributed by atoms with E-state index in [0.29, 0.717) is 11.7 Å². The number of aromatic nitrogens is 1. The topological polar surface area (TPSA) is 42.4 Å². The van der Waals surface area contributed by atoms with Crippen molar-refractivity contribution in [2.24, 2.45) is 0 Å². The molecule has 4 aromatic rings. The van der Waals surface area contributed by atoms with Gasteiger partial charge >= 0.3 is 0 Å². The third kappa shape index (κ3) is 4.21. The number of fused-ring (bicyclic) bond motifs is 1. The predicted octanol–water partition coefficient (Wildman–Crippen LogP) is 5.83. The van der Waals surface area contributed by atoms with Crippen LogP contribution in [0.5, 0.6) is 5.75 Å². The van der Waals surface area contributed by atoms with E-state index in [-0.39, 0.29) is 12.5 Å². The van der Waals surface area contributed by atoms with E-state index in [1.165, 1.54) is 16.9 Å². The second-order valence-corrected chi connectivity index (χ2v) is 8.38. The van der Waals surface area contributed by atoms with Gasteiger partial charge in [-0.25, -0.2) is 4.98 Å². The fraction of sp³-hybridized carbons (Fsp3) is 0.200. The van der Waals surface area contributed by atoms with Gasteiger partial charge in [0.25, 0.3) is 5.91 Å². The maximum atomic E-state index is 13.2. The van der Waals surface area contributed by atoms with E-state index in [2.05, 4.69) is 26.0 Å². The van der Waals surface area contributed by atoms with Gasteiger partial charge in [-0.2, -0.15) is 0 Å². The summed E-state index contributed by atoms with van der Waals surface area (Å²) in [5.41, 5.74) is 5.36. The van der Waals surface area contributed by atoms with Crippen LogP contribution in [-0.4, -0.2) is 17.5 Å². The number of hydrogen-bond acceptors (Lipinski definition) is 4.